The summed E-state index contributed by atoms with van der Waals surface area (Å²) in [5.41, 5.74) is -0.783. The maximum absolute atomic E-state index is 12.9. The number of esters is 1. The molecule has 0 aromatic carbocycles. The molecule has 0 bridgehead atoms. The van der Waals surface area contributed by atoms with Crippen molar-refractivity contribution in [1.82, 2.24) is 10.2 Å². The highest BCUT2D eigenvalue weighted by Gasteiger charge is 2.42. The number of nitrogens with zero attached hydrogens (tertiary/aromatic N) is 1. The van der Waals surface area contributed by atoms with Gasteiger partial charge in [0, 0.05) is 44.9 Å². The quantitative estimate of drug-likeness (QED) is 0.105. The molecule has 0 radical (unpaired) electrons. The summed E-state index contributed by atoms with van der Waals surface area (Å²) in [4.78, 5) is 71.1. The Balaban J connectivity index is 2.58. The van der Waals surface area contributed by atoms with E-state index in [0.29, 0.717) is 32.5 Å². The monoisotopic (exact) mass is 484 g/mol. The lowest BCUT2D eigenvalue weighted by molar-refractivity contribution is -0.146. The number of amides is 2. The molecule has 1 aliphatic heterocycles. The van der Waals surface area contributed by atoms with Crippen LogP contribution in [0.3, 0.4) is 0 Å². The molecule has 0 spiro atoms. The number of methoxy groups -OCH3 is 1. The molecule has 0 aromatic rings. The highest BCUT2D eigenvalue weighted by Crippen LogP contribution is 2.28. The maximum Gasteiger partial charge on any atom is 0.305 e. The third-order valence-corrected chi connectivity index (χ3v) is 5.63. The first-order chi connectivity index (χ1) is 16.4. The van der Waals surface area contributed by atoms with Crippen LogP contribution in [0.25, 0.3) is 0 Å². The minimum absolute atomic E-state index is 0.0508. The van der Waals surface area contributed by atoms with Gasteiger partial charge < -0.3 is 28.6 Å². The van der Waals surface area contributed by atoms with Crippen molar-refractivity contribution < 1.29 is 43.0 Å². The number of carbonyl (C=O) groups excluding carboxylic acids is 6. The van der Waals surface area contributed by atoms with Crippen molar-refractivity contribution in [3.8, 4) is 0 Å². The van der Waals surface area contributed by atoms with E-state index in [9.17, 15) is 28.8 Å². The standard InChI is InChI=1S/C23H36N2O9/c1-32-14-15-33-16-17-34-21(30)6-2-10-25-20(29)18-19(22(25)31)24-23(7-3-11-26,8-4-12-27)9-5-13-28/h11-13,19,24H,2-10,14-18H2,1H3. The van der Waals surface area contributed by atoms with E-state index < -0.39 is 23.5 Å². The second-order valence-electron chi connectivity index (χ2n) is 8.11. The topological polar surface area (TPSA) is 145 Å². The van der Waals surface area contributed by atoms with Crippen LogP contribution in [0.4, 0.5) is 0 Å². The highest BCUT2D eigenvalue weighted by atomic mass is 16.6. The van der Waals surface area contributed by atoms with Gasteiger partial charge in [-0.1, -0.05) is 0 Å². The molecule has 1 heterocycles. The van der Waals surface area contributed by atoms with Crippen molar-refractivity contribution in [3.05, 3.63) is 0 Å². The van der Waals surface area contributed by atoms with Crippen molar-refractivity contribution in [1.29, 1.82) is 0 Å². The van der Waals surface area contributed by atoms with Gasteiger partial charge in [-0.3, -0.25) is 24.6 Å². The number of hydrogen-bond donors (Lipinski definition) is 1. The summed E-state index contributed by atoms with van der Waals surface area (Å²) in [6.45, 7) is 1.31. The van der Waals surface area contributed by atoms with Gasteiger partial charge in [0.15, 0.2) is 0 Å². The van der Waals surface area contributed by atoms with Gasteiger partial charge >= 0.3 is 5.97 Å². The van der Waals surface area contributed by atoms with E-state index in [1.807, 2.05) is 0 Å². The van der Waals surface area contributed by atoms with Crippen molar-refractivity contribution in [2.75, 3.05) is 40.1 Å². The average molecular weight is 485 g/mol. The highest BCUT2D eigenvalue weighted by molar-refractivity contribution is 6.05. The van der Waals surface area contributed by atoms with Gasteiger partial charge in [-0.2, -0.15) is 0 Å². The fourth-order valence-electron chi connectivity index (χ4n) is 3.91. The van der Waals surface area contributed by atoms with Gasteiger partial charge in [0.05, 0.1) is 32.3 Å². The van der Waals surface area contributed by atoms with E-state index >= 15 is 0 Å². The summed E-state index contributed by atoms with van der Waals surface area (Å²) in [5.74, 6) is -1.23. The third-order valence-electron chi connectivity index (χ3n) is 5.63. The molecule has 1 unspecified atom stereocenters. The van der Waals surface area contributed by atoms with Gasteiger partial charge in [0.1, 0.15) is 25.5 Å². The SMILES string of the molecule is COCCOCCOC(=O)CCCN1C(=O)CC(NC(CCC=O)(CCC=O)CCC=O)C1=O. The van der Waals surface area contributed by atoms with Crippen LogP contribution in [0.5, 0.6) is 0 Å². The van der Waals surface area contributed by atoms with Crippen LogP contribution >= 0.6 is 0 Å². The van der Waals surface area contributed by atoms with E-state index in [2.05, 4.69) is 5.32 Å². The number of hydrogen-bond acceptors (Lipinski definition) is 10. The number of carbonyl (C=O) groups is 6. The number of aldehydes is 3. The Morgan fingerprint density at radius 3 is 2.15 bits per heavy atom. The molecule has 1 saturated heterocycles. The minimum atomic E-state index is -0.811. The van der Waals surface area contributed by atoms with Crippen LogP contribution in [0.15, 0.2) is 0 Å². The molecule has 11 nitrogen and oxygen atoms in total. The molecule has 0 saturated carbocycles. The van der Waals surface area contributed by atoms with Crippen LogP contribution in [0.1, 0.15) is 57.8 Å². The maximum atomic E-state index is 12.9. The van der Waals surface area contributed by atoms with E-state index in [0.717, 1.165) is 23.8 Å². The predicted octanol–water partition coefficient (Wildman–Crippen LogP) is 0.366. The molecule has 34 heavy (non-hydrogen) atoms. The normalized spacial score (nSPS) is 16.0. The second-order valence-corrected chi connectivity index (χ2v) is 8.11. The van der Waals surface area contributed by atoms with E-state index in [-0.39, 0.29) is 64.2 Å². The van der Waals surface area contributed by atoms with Crippen LogP contribution < -0.4 is 5.32 Å². The van der Waals surface area contributed by atoms with Crippen molar-refractivity contribution in [2.24, 2.45) is 0 Å². The largest absolute Gasteiger partial charge is 0.463 e. The first-order valence-corrected chi connectivity index (χ1v) is 11.6. The fourth-order valence-corrected chi connectivity index (χ4v) is 3.91. The fraction of sp³-hybridized carbons (Fsp3) is 0.739. The predicted molar refractivity (Wildman–Crippen MR) is 120 cm³/mol. The summed E-state index contributed by atoms with van der Waals surface area (Å²) < 4.78 is 15.1. The van der Waals surface area contributed by atoms with E-state index in [4.69, 9.17) is 14.2 Å². The Morgan fingerprint density at radius 2 is 1.59 bits per heavy atom. The smallest absolute Gasteiger partial charge is 0.305 e. The lowest BCUT2D eigenvalue weighted by Crippen LogP contribution is -2.53. The van der Waals surface area contributed by atoms with Crippen LogP contribution in [0, 0.1) is 0 Å². The third kappa shape index (κ3) is 10.6. The lowest BCUT2D eigenvalue weighted by Gasteiger charge is -2.36. The van der Waals surface area contributed by atoms with Crippen molar-refractivity contribution >= 4 is 36.6 Å². The Bertz CT molecular complexity index is 652. The van der Waals surface area contributed by atoms with Crippen molar-refractivity contribution in [3.63, 3.8) is 0 Å². The molecule has 11 heteroatoms. The number of imide groups is 1. The number of likely N-dealkylation sites (tertiary alicyclic amines) is 1. The Hall–Kier alpha value is -2.50. The molecular weight excluding hydrogens is 448 g/mol. The molecule has 192 valence electrons. The Morgan fingerprint density at radius 1 is 1.00 bits per heavy atom. The van der Waals surface area contributed by atoms with Gasteiger partial charge in [0.2, 0.25) is 11.8 Å². The van der Waals surface area contributed by atoms with Crippen LogP contribution in [-0.2, 0) is 43.0 Å². The number of rotatable bonds is 21. The zero-order valence-corrected chi connectivity index (χ0v) is 19.8. The molecule has 1 fully saturated rings. The molecule has 1 aliphatic rings. The first-order valence-electron chi connectivity index (χ1n) is 11.6. The average Bonchev–Trinajstić information content (AvgIpc) is 3.09. The Labute approximate surface area is 199 Å². The zero-order valence-electron chi connectivity index (χ0n) is 19.8. The summed E-state index contributed by atoms with van der Waals surface area (Å²) in [7, 11) is 1.56. The molecular formula is C23H36N2O9. The molecule has 0 aromatic heterocycles. The van der Waals surface area contributed by atoms with Gasteiger partial charge in [0.25, 0.3) is 0 Å². The van der Waals surface area contributed by atoms with E-state index in [1.54, 1.807) is 7.11 Å². The van der Waals surface area contributed by atoms with Gasteiger partial charge in [-0.05, 0) is 25.7 Å². The number of nitrogens with one attached hydrogen (secondary N) is 1. The van der Waals surface area contributed by atoms with E-state index in [1.165, 1.54) is 0 Å². The number of ether oxygens (including phenoxy) is 3. The second kappa shape index (κ2) is 17.0. The summed E-state index contributed by atoms with van der Waals surface area (Å²) in [5, 5.41) is 3.19. The molecule has 1 atom stereocenters. The molecule has 0 aliphatic carbocycles. The molecule has 2 amide bonds. The summed E-state index contributed by atoms with van der Waals surface area (Å²) in [6, 6.07) is -0.811. The van der Waals surface area contributed by atoms with Gasteiger partial charge in [-0.25, -0.2) is 0 Å². The van der Waals surface area contributed by atoms with Crippen molar-refractivity contribution in [2.45, 2.75) is 69.4 Å². The molecule has 1 rings (SSSR count). The van der Waals surface area contributed by atoms with Crippen LogP contribution in [-0.4, -0.2) is 93.2 Å². The first kappa shape index (κ1) is 29.5. The Kier molecular flexibility index (Phi) is 14.8. The zero-order chi connectivity index (χ0) is 25.2. The minimum Gasteiger partial charge on any atom is -0.463 e. The lowest BCUT2D eigenvalue weighted by atomic mass is 9.83. The summed E-state index contributed by atoms with van der Waals surface area (Å²) in [6.07, 6.45) is 4.12. The molecule has 1 N–H and O–H groups in total. The van der Waals surface area contributed by atoms with Crippen LogP contribution in [0.2, 0.25) is 0 Å². The van der Waals surface area contributed by atoms with Gasteiger partial charge in [-0.15, -0.1) is 0 Å². The summed E-state index contributed by atoms with van der Waals surface area (Å²) >= 11 is 0.